The van der Waals surface area contributed by atoms with Crippen LogP contribution in [0.15, 0.2) is 42.5 Å². The van der Waals surface area contributed by atoms with Crippen LogP contribution in [0.3, 0.4) is 0 Å². The van der Waals surface area contributed by atoms with E-state index in [9.17, 15) is 9.59 Å². The van der Waals surface area contributed by atoms with Gasteiger partial charge in [0.1, 0.15) is 5.75 Å². The minimum atomic E-state index is -0.234. The van der Waals surface area contributed by atoms with Crippen molar-refractivity contribution >= 4 is 29.2 Å². The number of carbonyl (C=O) groups is 2. The van der Waals surface area contributed by atoms with Crippen molar-refractivity contribution in [2.45, 2.75) is 13.5 Å². The van der Waals surface area contributed by atoms with Crippen LogP contribution < -0.4 is 15.4 Å². The first-order valence-electron chi connectivity index (χ1n) is 8.08. The predicted molar refractivity (Wildman–Crippen MR) is 103 cm³/mol. The average Bonchev–Trinajstić information content (AvgIpc) is 2.59. The highest BCUT2D eigenvalue weighted by atomic mass is 35.5. The van der Waals surface area contributed by atoms with E-state index in [1.54, 1.807) is 38.4 Å². The van der Waals surface area contributed by atoms with Crippen LogP contribution in [0.25, 0.3) is 0 Å². The van der Waals surface area contributed by atoms with E-state index in [-0.39, 0.29) is 18.5 Å². The second-order valence-electron chi connectivity index (χ2n) is 6.00. The van der Waals surface area contributed by atoms with Gasteiger partial charge in [-0.25, -0.2) is 4.79 Å². The van der Waals surface area contributed by atoms with Crippen molar-refractivity contribution in [3.05, 3.63) is 58.6 Å². The number of aryl methyl sites for hydroxylation is 1. The number of hydrogen-bond acceptors (Lipinski definition) is 3. The second-order valence-corrected chi connectivity index (χ2v) is 6.44. The van der Waals surface area contributed by atoms with E-state index in [1.165, 1.54) is 4.90 Å². The third-order valence-corrected chi connectivity index (χ3v) is 3.80. The third-order valence-electron chi connectivity index (χ3n) is 3.57. The first kappa shape index (κ1) is 19.6. The van der Waals surface area contributed by atoms with Crippen molar-refractivity contribution in [2.75, 3.05) is 26.0 Å². The maximum atomic E-state index is 12.0. The summed E-state index contributed by atoms with van der Waals surface area (Å²) in [6.45, 7) is 2.12. The standard InChI is InChI=1S/C19H22ClN3O3/c1-13-9-15(20)7-8-17(13)26-12-18(24)21-11-14-5-4-6-16(10-14)22-19(25)23(2)3/h4-10H,11-12H2,1-3H3,(H,21,24)(H,22,25). The number of carbonyl (C=O) groups excluding carboxylic acids is 2. The lowest BCUT2D eigenvalue weighted by atomic mass is 10.2. The average molecular weight is 376 g/mol. The molecule has 0 aromatic heterocycles. The molecule has 2 aromatic rings. The summed E-state index contributed by atoms with van der Waals surface area (Å²) >= 11 is 5.90. The summed E-state index contributed by atoms with van der Waals surface area (Å²) in [6, 6.07) is 12.3. The summed E-state index contributed by atoms with van der Waals surface area (Å²) < 4.78 is 5.51. The number of urea groups is 1. The molecule has 0 unspecified atom stereocenters. The Bertz CT molecular complexity index is 793. The van der Waals surface area contributed by atoms with Crippen LogP contribution in [0.1, 0.15) is 11.1 Å². The summed E-state index contributed by atoms with van der Waals surface area (Å²) in [4.78, 5) is 25.1. The maximum absolute atomic E-state index is 12.0. The van der Waals surface area contributed by atoms with Gasteiger partial charge in [-0.05, 0) is 48.4 Å². The van der Waals surface area contributed by atoms with Crippen molar-refractivity contribution in [1.82, 2.24) is 10.2 Å². The Kier molecular flexibility index (Phi) is 6.86. The Morgan fingerprint density at radius 2 is 1.92 bits per heavy atom. The smallest absolute Gasteiger partial charge is 0.321 e. The summed E-state index contributed by atoms with van der Waals surface area (Å²) in [5.74, 6) is 0.389. The molecule has 0 aliphatic carbocycles. The van der Waals surface area contributed by atoms with Gasteiger partial charge in [0.2, 0.25) is 0 Å². The van der Waals surface area contributed by atoms with Crippen molar-refractivity contribution in [1.29, 1.82) is 0 Å². The first-order valence-corrected chi connectivity index (χ1v) is 8.46. The molecule has 0 spiro atoms. The fraction of sp³-hybridized carbons (Fsp3) is 0.263. The summed E-state index contributed by atoms with van der Waals surface area (Å²) in [5, 5.41) is 6.18. The molecule has 0 aliphatic heterocycles. The molecule has 138 valence electrons. The molecule has 26 heavy (non-hydrogen) atoms. The van der Waals surface area contributed by atoms with Gasteiger partial charge in [-0.15, -0.1) is 0 Å². The molecule has 0 heterocycles. The lowest BCUT2D eigenvalue weighted by molar-refractivity contribution is -0.123. The van der Waals surface area contributed by atoms with Gasteiger partial charge in [-0.3, -0.25) is 4.79 Å². The topological polar surface area (TPSA) is 70.7 Å². The highest BCUT2D eigenvalue weighted by molar-refractivity contribution is 6.30. The number of nitrogens with one attached hydrogen (secondary N) is 2. The van der Waals surface area contributed by atoms with Crippen LogP contribution in [-0.4, -0.2) is 37.5 Å². The van der Waals surface area contributed by atoms with Crippen LogP contribution in [0.2, 0.25) is 5.02 Å². The Hall–Kier alpha value is -2.73. The second kappa shape index (κ2) is 9.10. The zero-order chi connectivity index (χ0) is 19.1. The van der Waals surface area contributed by atoms with Gasteiger partial charge in [0.15, 0.2) is 6.61 Å². The van der Waals surface area contributed by atoms with E-state index < -0.39 is 0 Å². The van der Waals surface area contributed by atoms with E-state index in [1.807, 2.05) is 25.1 Å². The van der Waals surface area contributed by atoms with E-state index in [2.05, 4.69) is 10.6 Å². The molecular weight excluding hydrogens is 354 g/mol. The third kappa shape index (κ3) is 5.97. The van der Waals surface area contributed by atoms with Crippen LogP contribution in [-0.2, 0) is 11.3 Å². The van der Waals surface area contributed by atoms with Crippen LogP contribution in [0.4, 0.5) is 10.5 Å². The lowest BCUT2D eigenvalue weighted by Gasteiger charge is -2.13. The molecule has 3 amide bonds. The SMILES string of the molecule is Cc1cc(Cl)ccc1OCC(=O)NCc1cccc(NC(=O)N(C)C)c1. The van der Waals surface area contributed by atoms with Crippen molar-refractivity contribution < 1.29 is 14.3 Å². The minimum Gasteiger partial charge on any atom is -0.484 e. The monoisotopic (exact) mass is 375 g/mol. The molecular formula is C19H22ClN3O3. The first-order chi connectivity index (χ1) is 12.3. The van der Waals surface area contributed by atoms with E-state index in [0.717, 1.165) is 11.1 Å². The molecule has 0 bridgehead atoms. The summed E-state index contributed by atoms with van der Waals surface area (Å²) in [6.07, 6.45) is 0. The number of hydrogen-bond donors (Lipinski definition) is 2. The summed E-state index contributed by atoms with van der Waals surface area (Å²) in [5.41, 5.74) is 2.41. The molecule has 0 aliphatic rings. The highest BCUT2D eigenvalue weighted by Gasteiger charge is 2.07. The number of halogens is 1. The normalized spacial score (nSPS) is 10.2. The molecule has 2 N–H and O–H groups in total. The van der Waals surface area contributed by atoms with E-state index in [4.69, 9.17) is 16.3 Å². The van der Waals surface area contributed by atoms with Crippen LogP contribution in [0.5, 0.6) is 5.75 Å². The van der Waals surface area contributed by atoms with Gasteiger partial charge in [0.25, 0.3) is 5.91 Å². The Morgan fingerprint density at radius 3 is 2.62 bits per heavy atom. The molecule has 7 heteroatoms. The highest BCUT2D eigenvalue weighted by Crippen LogP contribution is 2.21. The minimum absolute atomic E-state index is 0.0838. The van der Waals surface area contributed by atoms with Crippen molar-refractivity contribution in [2.24, 2.45) is 0 Å². The molecule has 0 saturated heterocycles. The van der Waals surface area contributed by atoms with Crippen molar-refractivity contribution in [3.63, 3.8) is 0 Å². The van der Waals surface area contributed by atoms with E-state index in [0.29, 0.717) is 23.0 Å². The van der Waals surface area contributed by atoms with E-state index >= 15 is 0 Å². The molecule has 6 nitrogen and oxygen atoms in total. The number of nitrogens with zero attached hydrogens (tertiary/aromatic N) is 1. The molecule has 0 atom stereocenters. The predicted octanol–water partition coefficient (Wildman–Crippen LogP) is 3.44. The quantitative estimate of drug-likeness (QED) is 0.812. The molecule has 2 aromatic carbocycles. The van der Waals surface area contributed by atoms with Gasteiger partial charge in [0, 0.05) is 31.4 Å². The number of amides is 3. The van der Waals surface area contributed by atoms with Gasteiger partial charge in [0.05, 0.1) is 0 Å². The lowest BCUT2D eigenvalue weighted by Crippen LogP contribution is -2.29. The molecule has 2 rings (SSSR count). The number of ether oxygens (including phenoxy) is 1. The number of anilines is 1. The van der Waals surface area contributed by atoms with Crippen molar-refractivity contribution in [3.8, 4) is 5.75 Å². The van der Waals surface area contributed by atoms with Gasteiger partial charge in [-0.1, -0.05) is 23.7 Å². The fourth-order valence-electron chi connectivity index (χ4n) is 2.16. The van der Waals surface area contributed by atoms with Crippen LogP contribution in [0, 0.1) is 6.92 Å². The van der Waals surface area contributed by atoms with Crippen LogP contribution >= 0.6 is 11.6 Å². The Morgan fingerprint density at radius 1 is 1.15 bits per heavy atom. The molecule has 0 fully saturated rings. The van der Waals surface area contributed by atoms with Gasteiger partial charge < -0.3 is 20.3 Å². The zero-order valence-electron chi connectivity index (χ0n) is 15.0. The largest absolute Gasteiger partial charge is 0.484 e. The maximum Gasteiger partial charge on any atom is 0.321 e. The number of rotatable bonds is 6. The fourth-order valence-corrected chi connectivity index (χ4v) is 2.39. The summed E-state index contributed by atoms with van der Waals surface area (Å²) in [7, 11) is 3.34. The molecule has 0 radical (unpaired) electrons. The van der Waals surface area contributed by atoms with Gasteiger partial charge >= 0.3 is 6.03 Å². The Balaban J connectivity index is 1.84. The Labute approximate surface area is 158 Å². The zero-order valence-corrected chi connectivity index (χ0v) is 15.8. The van der Waals surface area contributed by atoms with Gasteiger partial charge in [-0.2, -0.15) is 0 Å². The number of benzene rings is 2. The molecule has 0 saturated carbocycles.